The van der Waals surface area contributed by atoms with Gasteiger partial charge in [-0.1, -0.05) is 177 Å². The van der Waals surface area contributed by atoms with E-state index in [2.05, 4.69) is 201 Å². The minimum atomic E-state index is 0.391. The molecule has 0 bridgehead atoms. The van der Waals surface area contributed by atoms with Crippen molar-refractivity contribution in [3.8, 4) is 44.5 Å². The Hall–Kier alpha value is -5.72. The minimum Gasteiger partial charge on any atom is -0.0622 e. The Bertz CT molecular complexity index is 2630. The summed E-state index contributed by atoms with van der Waals surface area (Å²) in [6.07, 6.45) is 0. The molecule has 56 heavy (non-hydrogen) atoms. The van der Waals surface area contributed by atoms with Crippen molar-refractivity contribution in [2.75, 3.05) is 0 Å². The summed E-state index contributed by atoms with van der Waals surface area (Å²) in [6.45, 7) is 18.7. The number of hydrogen-bond acceptors (Lipinski definition) is 0. The minimum absolute atomic E-state index is 0.391. The van der Waals surface area contributed by atoms with Crippen molar-refractivity contribution in [1.29, 1.82) is 0 Å². The first-order chi connectivity index (χ1) is 27.1. The maximum Gasteiger partial charge on any atom is -0.00197 e. The lowest BCUT2D eigenvalue weighted by Crippen LogP contribution is -2.01. The zero-order valence-electron chi connectivity index (χ0n) is 34.2. The fourth-order valence-corrected chi connectivity index (χ4v) is 9.64. The molecule has 0 radical (unpaired) electrons. The van der Waals surface area contributed by atoms with Crippen LogP contribution < -0.4 is 0 Å². The Kier molecular flexibility index (Phi) is 9.05. The maximum atomic E-state index is 2.56. The van der Waals surface area contributed by atoms with Crippen LogP contribution in [0.4, 0.5) is 0 Å². The molecule has 0 aliphatic rings. The molecule has 0 heterocycles. The number of hydrogen-bond donors (Lipinski definition) is 0. The van der Waals surface area contributed by atoms with Crippen molar-refractivity contribution >= 4 is 43.1 Å². The lowest BCUT2D eigenvalue weighted by atomic mass is 9.79. The molecule has 0 saturated carbocycles. The van der Waals surface area contributed by atoms with Gasteiger partial charge >= 0.3 is 0 Å². The molecule has 0 aliphatic heterocycles. The Balaban J connectivity index is 1.53. The van der Waals surface area contributed by atoms with Gasteiger partial charge in [-0.2, -0.15) is 0 Å². The van der Waals surface area contributed by atoms with Crippen molar-refractivity contribution in [3.05, 3.63) is 168 Å². The van der Waals surface area contributed by atoms with Gasteiger partial charge in [0.1, 0.15) is 0 Å². The van der Waals surface area contributed by atoms with Crippen LogP contribution in [0, 0.1) is 0 Å². The van der Waals surface area contributed by atoms with Crippen molar-refractivity contribution in [2.45, 2.75) is 79.1 Å². The van der Waals surface area contributed by atoms with E-state index in [4.69, 9.17) is 0 Å². The van der Waals surface area contributed by atoms with E-state index >= 15 is 0 Å². The Morgan fingerprint density at radius 1 is 0.268 bits per heavy atom. The molecule has 0 spiro atoms. The Morgan fingerprint density at radius 2 is 0.589 bits per heavy atom. The highest BCUT2D eigenvalue weighted by Gasteiger charge is 2.24. The highest BCUT2D eigenvalue weighted by molar-refractivity contribution is 6.36. The topological polar surface area (TPSA) is 0 Å². The molecule has 0 saturated heterocycles. The van der Waals surface area contributed by atoms with Gasteiger partial charge in [-0.05, 0) is 158 Å². The molecular weight excluding hydrogens is 673 g/mol. The average Bonchev–Trinajstić information content (AvgIpc) is 3.21. The van der Waals surface area contributed by atoms with Crippen LogP contribution in [0.1, 0.15) is 101 Å². The number of benzene rings is 9. The first kappa shape index (κ1) is 35.9. The standard InChI is InChI=1S/C56H52/c1-33(2)41-21-15-22-42(34(3)4)53(41)39-29-49-45(37-17-11-9-12-18-37)25-27-47-48-28-26-46(38-19-13-10-14-20-38)50-30-40(32-52(56(48)50)51(31-39)55(47)49)54-43(35(5)6)23-16-24-44(54)36(7)8/h9-36H,1-8H3. The third-order valence-electron chi connectivity index (χ3n) is 12.3. The maximum absolute atomic E-state index is 2.56. The Morgan fingerprint density at radius 3 is 0.911 bits per heavy atom. The largest absolute Gasteiger partial charge is 0.0622 e. The van der Waals surface area contributed by atoms with Crippen LogP contribution in [0.5, 0.6) is 0 Å². The van der Waals surface area contributed by atoms with Crippen molar-refractivity contribution in [2.24, 2.45) is 0 Å². The van der Waals surface area contributed by atoms with Crippen LogP contribution in [-0.4, -0.2) is 0 Å². The van der Waals surface area contributed by atoms with Crippen molar-refractivity contribution in [1.82, 2.24) is 0 Å². The monoisotopic (exact) mass is 724 g/mol. The van der Waals surface area contributed by atoms with E-state index in [-0.39, 0.29) is 0 Å². The molecule has 9 aromatic rings. The first-order valence-electron chi connectivity index (χ1n) is 20.7. The smallest absolute Gasteiger partial charge is 0.00197 e. The Labute approximate surface area is 333 Å². The molecule has 9 aromatic carbocycles. The molecule has 0 N–H and O–H groups in total. The third-order valence-corrected chi connectivity index (χ3v) is 12.3. The van der Waals surface area contributed by atoms with E-state index in [0.717, 1.165) is 0 Å². The van der Waals surface area contributed by atoms with Crippen molar-refractivity contribution in [3.63, 3.8) is 0 Å². The summed E-state index contributed by atoms with van der Waals surface area (Å²) in [5, 5.41) is 10.6. The van der Waals surface area contributed by atoms with Crippen molar-refractivity contribution < 1.29 is 0 Å². The summed E-state index contributed by atoms with van der Waals surface area (Å²) < 4.78 is 0. The summed E-state index contributed by atoms with van der Waals surface area (Å²) in [4.78, 5) is 0. The molecule has 9 rings (SSSR count). The van der Waals surface area contributed by atoms with Gasteiger partial charge in [0, 0.05) is 0 Å². The van der Waals surface area contributed by atoms with Crippen LogP contribution in [0.15, 0.2) is 146 Å². The summed E-state index contributed by atoms with van der Waals surface area (Å²) >= 11 is 0. The lowest BCUT2D eigenvalue weighted by molar-refractivity contribution is 0.838. The van der Waals surface area contributed by atoms with Gasteiger partial charge in [0.2, 0.25) is 0 Å². The molecule has 0 amide bonds. The predicted molar refractivity (Wildman–Crippen MR) is 246 cm³/mol. The molecule has 0 atom stereocenters. The van der Waals surface area contributed by atoms with E-state index in [1.165, 1.54) is 110 Å². The van der Waals surface area contributed by atoms with Gasteiger partial charge in [-0.15, -0.1) is 0 Å². The highest BCUT2D eigenvalue weighted by Crippen LogP contribution is 2.50. The molecular formula is C56H52. The van der Waals surface area contributed by atoms with Crippen LogP contribution in [0.2, 0.25) is 0 Å². The lowest BCUT2D eigenvalue weighted by Gasteiger charge is -2.24. The van der Waals surface area contributed by atoms with Gasteiger partial charge in [0.15, 0.2) is 0 Å². The van der Waals surface area contributed by atoms with E-state index < -0.39 is 0 Å². The molecule has 0 unspecified atom stereocenters. The van der Waals surface area contributed by atoms with Crippen LogP contribution in [-0.2, 0) is 0 Å². The fraction of sp³-hybridized carbons (Fsp3) is 0.214. The zero-order chi connectivity index (χ0) is 38.8. The first-order valence-corrected chi connectivity index (χ1v) is 20.7. The average molecular weight is 725 g/mol. The molecule has 0 fully saturated rings. The van der Waals surface area contributed by atoms with Gasteiger partial charge in [0.25, 0.3) is 0 Å². The van der Waals surface area contributed by atoms with E-state index in [1.54, 1.807) is 0 Å². The van der Waals surface area contributed by atoms with Crippen LogP contribution >= 0.6 is 0 Å². The van der Waals surface area contributed by atoms with Gasteiger partial charge in [-0.3, -0.25) is 0 Å². The van der Waals surface area contributed by atoms with Crippen LogP contribution in [0.3, 0.4) is 0 Å². The second-order valence-corrected chi connectivity index (χ2v) is 17.2. The number of fused-ring (bicyclic) bond motifs is 2. The SMILES string of the molecule is CC(C)c1cccc(C(C)C)c1-c1cc2c(-c3ccccc3)ccc3c4ccc(-c5ccccc5)c5cc(-c6c(C(C)C)cccc6C(C)C)cc(c(c1)c23)c54. The molecule has 0 aromatic heterocycles. The van der Waals surface area contributed by atoms with Gasteiger partial charge in [0.05, 0.1) is 0 Å². The molecule has 0 heteroatoms. The summed E-state index contributed by atoms with van der Waals surface area (Å²) in [5.74, 6) is 1.56. The highest BCUT2D eigenvalue weighted by atomic mass is 14.3. The summed E-state index contributed by atoms with van der Waals surface area (Å²) in [6, 6.07) is 55.6. The second kappa shape index (κ2) is 14.1. The number of rotatable bonds is 8. The molecule has 0 aliphatic carbocycles. The van der Waals surface area contributed by atoms with E-state index in [9.17, 15) is 0 Å². The third kappa shape index (κ3) is 5.81. The normalized spacial score (nSPS) is 12.2. The molecule has 276 valence electrons. The van der Waals surface area contributed by atoms with E-state index in [1.807, 2.05) is 0 Å². The molecule has 0 nitrogen and oxygen atoms in total. The van der Waals surface area contributed by atoms with E-state index in [0.29, 0.717) is 23.7 Å². The quantitative estimate of drug-likeness (QED) is 0.108. The summed E-state index contributed by atoms with van der Waals surface area (Å²) in [7, 11) is 0. The van der Waals surface area contributed by atoms with Gasteiger partial charge < -0.3 is 0 Å². The van der Waals surface area contributed by atoms with Crippen LogP contribution in [0.25, 0.3) is 87.6 Å². The second-order valence-electron chi connectivity index (χ2n) is 17.2. The summed E-state index contributed by atoms with van der Waals surface area (Å²) in [5.41, 5.74) is 16.1. The fourth-order valence-electron chi connectivity index (χ4n) is 9.64. The zero-order valence-corrected chi connectivity index (χ0v) is 34.2. The van der Waals surface area contributed by atoms with Gasteiger partial charge in [-0.25, -0.2) is 0 Å². The predicted octanol–water partition coefficient (Wildman–Crippen LogP) is 16.9.